The normalized spacial score (nSPS) is 10.7. The number of fused-ring (bicyclic) bond motifs is 1. The molecule has 3 aromatic rings. The van der Waals surface area contributed by atoms with Gasteiger partial charge in [-0.15, -0.1) is 0 Å². The molecular formula is C17H15ClN4O. The Morgan fingerprint density at radius 1 is 1.35 bits per heavy atom. The summed E-state index contributed by atoms with van der Waals surface area (Å²) >= 11 is 6.13. The number of anilines is 1. The molecule has 0 saturated heterocycles. The Hall–Kier alpha value is -2.58. The van der Waals surface area contributed by atoms with Crippen molar-refractivity contribution in [3.63, 3.8) is 0 Å². The van der Waals surface area contributed by atoms with E-state index < -0.39 is 0 Å². The molecule has 0 amide bonds. The van der Waals surface area contributed by atoms with E-state index >= 15 is 0 Å². The van der Waals surface area contributed by atoms with E-state index in [2.05, 4.69) is 16.2 Å². The van der Waals surface area contributed by atoms with E-state index in [1.807, 2.05) is 37.9 Å². The standard InChI is InChI=1S/C17H15ClN4O/c1-10-15(11(2)23-21-10)9-22(3)17-12(7-19)8-20-16-5-4-13(18)6-14(16)17/h4-6,8H,9H2,1-3H3. The predicted octanol–water partition coefficient (Wildman–Crippen LogP) is 4.00. The van der Waals surface area contributed by atoms with Crippen LogP contribution in [-0.2, 0) is 6.54 Å². The van der Waals surface area contributed by atoms with Gasteiger partial charge in [0.2, 0.25) is 0 Å². The van der Waals surface area contributed by atoms with Crippen LogP contribution >= 0.6 is 11.6 Å². The zero-order chi connectivity index (χ0) is 16.6. The average molecular weight is 327 g/mol. The van der Waals surface area contributed by atoms with Crippen LogP contribution in [0, 0.1) is 25.2 Å². The summed E-state index contributed by atoms with van der Waals surface area (Å²) in [6.07, 6.45) is 1.59. The fourth-order valence-electron chi connectivity index (χ4n) is 2.69. The topological polar surface area (TPSA) is 66.0 Å². The molecule has 2 heterocycles. The lowest BCUT2D eigenvalue weighted by molar-refractivity contribution is 0.392. The first-order valence-electron chi connectivity index (χ1n) is 7.12. The summed E-state index contributed by atoms with van der Waals surface area (Å²) in [6.45, 7) is 4.38. The lowest BCUT2D eigenvalue weighted by Gasteiger charge is -2.22. The SMILES string of the molecule is Cc1noc(C)c1CN(C)c1c(C#N)cnc2ccc(Cl)cc12. The van der Waals surface area contributed by atoms with Crippen LogP contribution in [0.25, 0.3) is 10.9 Å². The van der Waals surface area contributed by atoms with E-state index in [1.54, 1.807) is 12.3 Å². The summed E-state index contributed by atoms with van der Waals surface area (Å²) in [6, 6.07) is 7.69. The first-order valence-corrected chi connectivity index (χ1v) is 7.50. The number of pyridine rings is 1. The molecule has 0 spiro atoms. The van der Waals surface area contributed by atoms with Crippen LogP contribution in [0.3, 0.4) is 0 Å². The van der Waals surface area contributed by atoms with Gasteiger partial charge in [0.05, 0.1) is 22.5 Å². The van der Waals surface area contributed by atoms with Crippen molar-refractivity contribution in [2.75, 3.05) is 11.9 Å². The fourth-order valence-corrected chi connectivity index (χ4v) is 2.86. The number of nitrogens with zero attached hydrogens (tertiary/aromatic N) is 4. The Bertz CT molecular complexity index is 907. The number of halogens is 1. The molecule has 6 heteroatoms. The molecule has 3 rings (SSSR count). The summed E-state index contributed by atoms with van der Waals surface area (Å²) in [4.78, 5) is 6.34. The molecule has 0 saturated carbocycles. The third kappa shape index (κ3) is 2.73. The second kappa shape index (κ2) is 5.90. The third-order valence-electron chi connectivity index (χ3n) is 3.88. The van der Waals surface area contributed by atoms with Crippen molar-refractivity contribution in [3.8, 4) is 6.07 Å². The van der Waals surface area contributed by atoms with E-state index in [9.17, 15) is 5.26 Å². The lowest BCUT2D eigenvalue weighted by Crippen LogP contribution is -2.19. The van der Waals surface area contributed by atoms with E-state index in [4.69, 9.17) is 16.1 Å². The molecule has 1 aromatic carbocycles. The summed E-state index contributed by atoms with van der Waals surface area (Å²) in [5.74, 6) is 0.782. The number of hydrogen-bond donors (Lipinski definition) is 0. The summed E-state index contributed by atoms with van der Waals surface area (Å²) in [5, 5.41) is 14.9. The second-order valence-electron chi connectivity index (χ2n) is 5.45. The Morgan fingerprint density at radius 2 is 2.13 bits per heavy atom. The Morgan fingerprint density at radius 3 is 2.78 bits per heavy atom. The molecule has 0 N–H and O–H groups in total. The summed E-state index contributed by atoms with van der Waals surface area (Å²) < 4.78 is 5.22. The maximum absolute atomic E-state index is 9.45. The van der Waals surface area contributed by atoms with Gasteiger partial charge in [-0.2, -0.15) is 5.26 Å². The van der Waals surface area contributed by atoms with Gasteiger partial charge in [0, 0.05) is 35.8 Å². The smallest absolute Gasteiger partial charge is 0.138 e. The van der Waals surface area contributed by atoms with Crippen molar-refractivity contribution >= 4 is 28.2 Å². The van der Waals surface area contributed by atoms with Crippen molar-refractivity contribution in [1.29, 1.82) is 5.26 Å². The van der Waals surface area contributed by atoms with Gasteiger partial charge in [-0.1, -0.05) is 16.8 Å². The van der Waals surface area contributed by atoms with E-state index in [1.165, 1.54) is 0 Å². The molecule has 0 unspecified atom stereocenters. The second-order valence-corrected chi connectivity index (χ2v) is 5.89. The molecule has 0 atom stereocenters. The van der Waals surface area contributed by atoms with Crippen molar-refractivity contribution < 1.29 is 4.52 Å². The zero-order valence-corrected chi connectivity index (χ0v) is 13.8. The monoisotopic (exact) mass is 326 g/mol. The van der Waals surface area contributed by atoms with E-state index in [-0.39, 0.29) is 0 Å². The van der Waals surface area contributed by atoms with E-state index in [0.717, 1.165) is 33.6 Å². The highest BCUT2D eigenvalue weighted by molar-refractivity contribution is 6.31. The van der Waals surface area contributed by atoms with Crippen LogP contribution in [0.15, 0.2) is 28.9 Å². The minimum absolute atomic E-state index is 0.508. The lowest BCUT2D eigenvalue weighted by atomic mass is 10.1. The Kier molecular flexibility index (Phi) is 3.93. The minimum atomic E-state index is 0.508. The number of nitriles is 1. The molecule has 0 bridgehead atoms. The molecule has 0 fully saturated rings. The van der Waals surface area contributed by atoms with Crippen LogP contribution in [-0.4, -0.2) is 17.2 Å². The highest BCUT2D eigenvalue weighted by Gasteiger charge is 2.17. The maximum Gasteiger partial charge on any atom is 0.138 e. The maximum atomic E-state index is 9.45. The quantitative estimate of drug-likeness (QED) is 0.727. The molecule has 5 nitrogen and oxygen atoms in total. The summed E-state index contributed by atoms with van der Waals surface area (Å²) in [7, 11) is 1.93. The van der Waals surface area contributed by atoms with Gasteiger partial charge in [-0.25, -0.2) is 0 Å². The van der Waals surface area contributed by atoms with Gasteiger partial charge in [0.15, 0.2) is 0 Å². The largest absolute Gasteiger partial charge is 0.368 e. The zero-order valence-electron chi connectivity index (χ0n) is 13.1. The molecule has 0 aliphatic rings. The van der Waals surface area contributed by atoms with Gasteiger partial charge in [0.1, 0.15) is 11.8 Å². The molecule has 0 aliphatic carbocycles. The van der Waals surface area contributed by atoms with Crippen LogP contribution in [0.1, 0.15) is 22.6 Å². The molecule has 0 radical (unpaired) electrons. The molecule has 116 valence electrons. The van der Waals surface area contributed by atoms with Crippen LogP contribution < -0.4 is 4.90 Å². The van der Waals surface area contributed by atoms with Crippen LogP contribution in [0.4, 0.5) is 5.69 Å². The first kappa shape index (κ1) is 15.3. The number of hydrogen-bond acceptors (Lipinski definition) is 5. The highest BCUT2D eigenvalue weighted by Crippen LogP contribution is 2.32. The average Bonchev–Trinajstić information content (AvgIpc) is 2.85. The Balaban J connectivity index is 2.14. The third-order valence-corrected chi connectivity index (χ3v) is 4.12. The predicted molar refractivity (Wildman–Crippen MR) is 89.6 cm³/mol. The van der Waals surface area contributed by atoms with Gasteiger partial charge >= 0.3 is 0 Å². The van der Waals surface area contributed by atoms with Gasteiger partial charge < -0.3 is 9.42 Å². The first-order chi connectivity index (χ1) is 11.0. The molecule has 2 aromatic heterocycles. The van der Waals surface area contributed by atoms with Crippen molar-refractivity contribution in [3.05, 3.63) is 52.0 Å². The minimum Gasteiger partial charge on any atom is -0.368 e. The Labute approximate surface area is 139 Å². The summed E-state index contributed by atoms with van der Waals surface area (Å²) in [5.41, 5.74) is 3.98. The van der Waals surface area contributed by atoms with Crippen molar-refractivity contribution in [2.24, 2.45) is 0 Å². The van der Waals surface area contributed by atoms with Crippen molar-refractivity contribution in [2.45, 2.75) is 20.4 Å². The van der Waals surface area contributed by atoms with Crippen molar-refractivity contribution in [1.82, 2.24) is 10.1 Å². The number of aromatic nitrogens is 2. The number of aryl methyl sites for hydroxylation is 2. The molecular weight excluding hydrogens is 312 g/mol. The van der Waals surface area contributed by atoms with E-state index in [0.29, 0.717) is 17.1 Å². The van der Waals surface area contributed by atoms with Crippen LogP contribution in [0.5, 0.6) is 0 Å². The van der Waals surface area contributed by atoms with Gasteiger partial charge in [-0.05, 0) is 32.0 Å². The highest BCUT2D eigenvalue weighted by atomic mass is 35.5. The van der Waals surface area contributed by atoms with Gasteiger partial charge in [0.25, 0.3) is 0 Å². The number of rotatable bonds is 3. The molecule has 23 heavy (non-hydrogen) atoms. The molecule has 0 aliphatic heterocycles. The van der Waals surface area contributed by atoms with Crippen LogP contribution in [0.2, 0.25) is 5.02 Å². The fraction of sp³-hybridized carbons (Fsp3) is 0.235. The van der Waals surface area contributed by atoms with Gasteiger partial charge in [-0.3, -0.25) is 4.98 Å². The number of benzene rings is 1.